The second-order valence-corrected chi connectivity index (χ2v) is 7.65. The number of nitrogens with one attached hydrogen (secondary N) is 1. The van der Waals surface area contributed by atoms with Gasteiger partial charge in [-0.1, -0.05) is 0 Å². The van der Waals surface area contributed by atoms with Gasteiger partial charge in [-0.15, -0.1) is 11.3 Å². The van der Waals surface area contributed by atoms with Gasteiger partial charge in [0, 0.05) is 49.7 Å². The van der Waals surface area contributed by atoms with E-state index in [0.717, 1.165) is 29.2 Å². The van der Waals surface area contributed by atoms with Crippen molar-refractivity contribution < 1.29 is 9.59 Å². The number of thiazole rings is 1. The van der Waals surface area contributed by atoms with Gasteiger partial charge in [-0.05, 0) is 19.3 Å². The van der Waals surface area contributed by atoms with Gasteiger partial charge in [-0.2, -0.15) is 0 Å². The van der Waals surface area contributed by atoms with E-state index in [-0.39, 0.29) is 17.7 Å². The van der Waals surface area contributed by atoms with E-state index in [9.17, 15) is 9.59 Å². The largest absolute Gasteiger partial charge is 0.355 e. The molecule has 1 N–H and O–H groups in total. The Balaban J connectivity index is 1.26. The van der Waals surface area contributed by atoms with Crippen LogP contribution >= 0.6 is 11.3 Å². The first kappa shape index (κ1) is 17.1. The minimum absolute atomic E-state index is 0.0486. The topological polar surface area (TPSA) is 88.1 Å². The quantitative estimate of drug-likeness (QED) is 0.834. The normalized spacial score (nSPS) is 20.2. The highest BCUT2D eigenvalue weighted by atomic mass is 32.1. The summed E-state index contributed by atoms with van der Waals surface area (Å²) in [5, 5.41) is 5.83. The summed E-state index contributed by atoms with van der Waals surface area (Å²) in [5.41, 5.74) is 1.70. The highest BCUT2D eigenvalue weighted by Gasteiger charge is 2.38. The molecule has 8 heteroatoms. The predicted molar refractivity (Wildman–Crippen MR) is 97.3 cm³/mol. The first-order valence-corrected chi connectivity index (χ1v) is 9.86. The highest BCUT2D eigenvalue weighted by molar-refractivity contribution is 7.13. The van der Waals surface area contributed by atoms with E-state index < -0.39 is 0 Å². The van der Waals surface area contributed by atoms with E-state index in [1.165, 1.54) is 11.3 Å². The van der Waals surface area contributed by atoms with Crippen LogP contribution in [0.2, 0.25) is 0 Å². The van der Waals surface area contributed by atoms with Crippen LogP contribution in [0.1, 0.15) is 31.4 Å². The first-order chi connectivity index (χ1) is 12.7. The molecule has 0 unspecified atom stereocenters. The summed E-state index contributed by atoms with van der Waals surface area (Å²) >= 11 is 1.53. The maximum Gasteiger partial charge on any atom is 0.224 e. The summed E-state index contributed by atoms with van der Waals surface area (Å²) in [6.07, 6.45) is 8.97. The monoisotopic (exact) mass is 371 g/mol. The zero-order valence-electron chi connectivity index (χ0n) is 14.4. The lowest BCUT2D eigenvalue weighted by atomic mass is 9.96. The number of likely N-dealkylation sites (tertiary alicyclic amines) is 1. The molecule has 4 rings (SSSR count). The summed E-state index contributed by atoms with van der Waals surface area (Å²) in [7, 11) is 0. The Morgan fingerprint density at radius 2 is 2.19 bits per heavy atom. The molecule has 1 atom stereocenters. The van der Waals surface area contributed by atoms with Crippen LogP contribution in [-0.4, -0.2) is 50.8 Å². The predicted octanol–water partition coefficient (Wildman–Crippen LogP) is 1.66. The van der Waals surface area contributed by atoms with Gasteiger partial charge < -0.3 is 10.2 Å². The van der Waals surface area contributed by atoms with Crippen LogP contribution in [0.5, 0.6) is 0 Å². The van der Waals surface area contributed by atoms with E-state index in [1.807, 2.05) is 10.3 Å². The molecule has 0 bridgehead atoms. The maximum absolute atomic E-state index is 12.4. The lowest BCUT2D eigenvalue weighted by molar-refractivity contribution is -0.138. The van der Waals surface area contributed by atoms with Crippen molar-refractivity contribution in [3.8, 4) is 10.7 Å². The van der Waals surface area contributed by atoms with Crippen LogP contribution in [0, 0.1) is 5.92 Å². The lowest BCUT2D eigenvalue weighted by Crippen LogP contribution is -2.46. The Labute approximate surface area is 155 Å². The number of nitrogens with zero attached hydrogens (tertiary/aromatic N) is 4. The molecule has 1 aliphatic carbocycles. The van der Waals surface area contributed by atoms with Gasteiger partial charge in [0.25, 0.3) is 0 Å². The fourth-order valence-corrected chi connectivity index (χ4v) is 4.05. The van der Waals surface area contributed by atoms with Crippen LogP contribution in [0.15, 0.2) is 24.0 Å². The molecule has 3 heterocycles. The molecular weight excluding hydrogens is 350 g/mol. The smallest absolute Gasteiger partial charge is 0.224 e. The first-order valence-electron chi connectivity index (χ1n) is 8.98. The minimum atomic E-state index is -0.0844. The summed E-state index contributed by atoms with van der Waals surface area (Å²) in [5.74, 6) is 0.169. The molecule has 1 saturated carbocycles. The third-order valence-corrected chi connectivity index (χ3v) is 5.73. The molecule has 0 radical (unpaired) electrons. The number of carbonyl (C=O) groups is 2. The molecular formula is C18H21N5O2S. The third kappa shape index (κ3) is 3.90. The molecule has 0 spiro atoms. The Morgan fingerprint density at radius 3 is 2.96 bits per heavy atom. The van der Waals surface area contributed by atoms with Crippen LogP contribution in [0.3, 0.4) is 0 Å². The van der Waals surface area contributed by atoms with Crippen LogP contribution in [0.4, 0.5) is 0 Å². The Bertz CT molecular complexity index is 790. The number of hydrogen-bond acceptors (Lipinski definition) is 6. The fraction of sp³-hybridized carbons (Fsp3) is 0.500. The van der Waals surface area contributed by atoms with Crippen molar-refractivity contribution in [3.63, 3.8) is 0 Å². The van der Waals surface area contributed by atoms with Gasteiger partial charge in [0.05, 0.1) is 17.8 Å². The van der Waals surface area contributed by atoms with Gasteiger partial charge in [-0.25, -0.2) is 4.98 Å². The number of piperidine rings is 1. The second-order valence-electron chi connectivity index (χ2n) is 6.79. The molecule has 2 aliphatic rings. The molecule has 2 fully saturated rings. The zero-order valence-corrected chi connectivity index (χ0v) is 15.2. The zero-order chi connectivity index (χ0) is 17.9. The van der Waals surface area contributed by atoms with Crippen molar-refractivity contribution in [2.45, 2.75) is 38.1 Å². The van der Waals surface area contributed by atoms with E-state index in [1.54, 1.807) is 18.6 Å². The van der Waals surface area contributed by atoms with E-state index in [0.29, 0.717) is 38.4 Å². The van der Waals surface area contributed by atoms with Crippen LogP contribution in [0.25, 0.3) is 10.7 Å². The lowest BCUT2D eigenvalue weighted by Gasteiger charge is -2.32. The molecule has 1 aliphatic heterocycles. The van der Waals surface area contributed by atoms with E-state index in [4.69, 9.17) is 0 Å². The van der Waals surface area contributed by atoms with Crippen molar-refractivity contribution >= 4 is 23.2 Å². The van der Waals surface area contributed by atoms with Crippen molar-refractivity contribution in [2.24, 2.45) is 5.92 Å². The maximum atomic E-state index is 12.4. The van der Waals surface area contributed by atoms with Crippen LogP contribution < -0.4 is 5.32 Å². The Hall–Kier alpha value is -2.35. The molecule has 26 heavy (non-hydrogen) atoms. The fourth-order valence-electron chi connectivity index (χ4n) is 3.23. The number of aromatic nitrogens is 3. The van der Waals surface area contributed by atoms with E-state index >= 15 is 0 Å². The van der Waals surface area contributed by atoms with Crippen molar-refractivity contribution in [2.75, 3.05) is 13.1 Å². The molecule has 7 nitrogen and oxygen atoms in total. The summed E-state index contributed by atoms with van der Waals surface area (Å²) < 4.78 is 0. The van der Waals surface area contributed by atoms with E-state index in [2.05, 4.69) is 20.3 Å². The molecule has 2 aromatic rings. The summed E-state index contributed by atoms with van der Waals surface area (Å²) in [6, 6.07) is 0.382. The van der Waals surface area contributed by atoms with Gasteiger partial charge in [0.15, 0.2) is 0 Å². The number of carbonyl (C=O) groups excluding carboxylic acids is 2. The molecule has 136 valence electrons. The van der Waals surface area contributed by atoms with Crippen molar-refractivity contribution in [1.29, 1.82) is 0 Å². The molecule has 2 aromatic heterocycles. The van der Waals surface area contributed by atoms with Gasteiger partial charge in [-0.3, -0.25) is 19.6 Å². The van der Waals surface area contributed by atoms with Crippen molar-refractivity contribution in [3.05, 3.63) is 29.7 Å². The third-order valence-electron chi connectivity index (χ3n) is 4.82. The second kappa shape index (κ2) is 7.49. The van der Waals surface area contributed by atoms with Crippen LogP contribution in [-0.2, 0) is 16.0 Å². The van der Waals surface area contributed by atoms with Gasteiger partial charge in [0.2, 0.25) is 11.8 Å². The number of hydrogen-bond donors (Lipinski definition) is 1. The summed E-state index contributed by atoms with van der Waals surface area (Å²) in [4.78, 5) is 39.1. The molecule has 0 aromatic carbocycles. The average molecular weight is 371 g/mol. The minimum Gasteiger partial charge on any atom is -0.355 e. The number of rotatable bonds is 6. The Morgan fingerprint density at radius 1 is 1.31 bits per heavy atom. The Kier molecular flexibility index (Phi) is 4.92. The van der Waals surface area contributed by atoms with Gasteiger partial charge in [0.1, 0.15) is 10.7 Å². The molecule has 1 saturated heterocycles. The van der Waals surface area contributed by atoms with Gasteiger partial charge >= 0.3 is 0 Å². The number of amides is 2. The van der Waals surface area contributed by atoms with Crippen molar-refractivity contribution in [1.82, 2.24) is 25.2 Å². The standard InChI is InChI=1S/C18H21N5O2S/c24-16-4-1-12(10-23(16)14-2-3-14)17(25)21-6-5-13-11-26-18(22-13)15-9-19-7-8-20-15/h7-9,11-12,14H,1-6,10H2,(H,21,25)/t12-/m0/s1. The molecule has 2 amide bonds. The summed E-state index contributed by atoms with van der Waals surface area (Å²) in [6.45, 7) is 1.12. The highest BCUT2D eigenvalue weighted by Crippen LogP contribution is 2.31. The SMILES string of the molecule is O=C(NCCc1csc(-c2cnccn2)n1)[C@H]1CCC(=O)N(C2CC2)C1. The average Bonchev–Trinajstić information content (AvgIpc) is 3.40.